The molecule has 0 aromatic heterocycles. The van der Waals surface area contributed by atoms with Crippen LogP contribution in [0.3, 0.4) is 0 Å². The number of rotatable bonds is 4. The number of hydrogen-bond acceptors (Lipinski definition) is 4. The lowest BCUT2D eigenvalue weighted by molar-refractivity contribution is -0.386. The Morgan fingerprint density at radius 2 is 1.86 bits per heavy atom. The second kappa shape index (κ2) is 7.06. The van der Waals surface area contributed by atoms with Gasteiger partial charge in [0.2, 0.25) is 0 Å². The molecule has 114 valence electrons. The summed E-state index contributed by atoms with van der Waals surface area (Å²) < 4.78 is 5.53. The number of benzene rings is 1. The van der Waals surface area contributed by atoms with Crippen molar-refractivity contribution in [1.82, 2.24) is 4.90 Å². The van der Waals surface area contributed by atoms with Gasteiger partial charge in [-0.25, -0.2) is 0 Å². The normalized spacial score (nSPS) is 16.9. The van der Waals surface area contributed by atoms with Crippen molar-refractivity contribution in [1.29, 1.82) is 0 Å². The first-order valence-corrected chi connectivity index (χ1v) is 7.28. The zero-order valence-corrected chi connectivity index (χ0v) is 12.2. The average Bonchev–Trinajstić information content (AvgIpc) is 2.75. The third-order valence-corrected chi connectivity index (χ3v) is 3.63. The van der Waals surface area contributed by atoms with Crippen molar-refractivity contribution in [2.75, 3.05) is 13.1 Å². The van der Waals surface area contributed by atoms with Gasteiger partial charge in [0.05, 0.1) is 4.92 Å². The first-order chi connectivity index (χ1) is 10.1. The predicted octanol–water partition coefficient (Wildman–Crippen LogP) is 2.76. The monoisotopic (exact) mass is 292 g/mol. The maximum atomic E-state index is 12.4. The van der Waals surface area contributed by atoms with E-state index in [1.807, 2.05) is 0 Å². The summed E-state index contributed by atoms with van der Waals surface area (Å²) in [5.74, 6) is 0.0354. The molecule has 0 radical (unpaired) electrons. The highest BCUT2D eigenvalue weighted by atomic mass is 16.6. The Morgan fingerprint density at radius 1 is 1.24 bits per heavy atom. The van der Waals surface area contributed by atoms with E-state index in [0.29, 0.717) is 0 Å². The van der Waals surface area contributed by atoms with Crippen LogP contribution in [0.1, 0.15) is 32.6 Å². The zero-order chi connectivity index (χ0) is 15.2. The summed E-state index contributed by atoms with van der Waals surface area (Å²) in [5, 5.41) is 11.0. The lowest BCUT2D eigenvalue weighted by atomic mass is 10.2. The van der Waals surface area contributed by atoms with Crippen LogP contribution in [-0.2, 0) is 4.79 Å². The molecule has 1 fully saturated rings. The molecule has 0 bridgehead atoms. The van der Waals surface area contributed by atoms with Crippen LogP contribution in [0.25, 0.3) is 0 Å². The number of likely N-dealkylation sites (tertiary alicyclic amines) is 1. The minimum atomic E-state index is -0.718. The largest absolute Gasteiger partial charge is 0.474 e. The van der Waals surface area contributed by atoms with Crippen molar-refractivity contribution in [3.05, 3.63) is 34.4 Å². The predicted molar refractivity (Wildman–Crippen MR) is 78.2 cm³/mol. The summed E-state index contributed by atoms with van der Waals surface area (Å²) in [7, 11) is 0. The molecule has 1 amide bonds. The van der Waals surface area contributed by atoms with Crippen molar-refractivity contribution in [3.8, 4) is 5.75 Å². The van der Waals surface area contributed by atoms with E-state index >= 15 is 0 Å². The van der Waals surface area contributed by atoms with Crippen LogP contribution in [0.15, 0.2) is 24.3 Å². The first kappa shape index (κ1) is 15.3. The molecule has 0 spiro atoms. The Kier molecular flexibility index (Phi) is 5.14. The fraction of sp³-hybridized carbons (Fsp3) is 0.533. The molecular formula is C15H20N2O4. The summed E-state index contributed by atoms with van der Waals surface area (Å²) in [6, 6.07) is 6.13. The number of nitro benzene ring substituents is 1. The molecule has 1 aliphatic rings. The first-order valence-electron chi connectivity index (χ1n) is 7.28. The molecule has 1 aromatic carbocycles. The van der Waals surface area contributed by atoms with Crippen molar-refractivity contribution in [2.24, 2.45) is 0 Å². The minimum absolute atomic E-state index is 0.102. The Hall–Kier alpha value is -2.11. The summed E-state index contributed by atoms with van der Waals surface area (Å²) in [5.41, 5.74) is -0.118. The van der Waals surface area contributed by atoms with Gasteiger partial charge in [0.25, 0.3) is 5.91 Å². The van der Waals surface area contributed by atoms with Crippen LogP contribution >= 0.6 is 0 Å². The number of carbonyl (C=O) groups is 1. The van der Waals surface area contributed by atoms with E-state index in [9.17, 15) is 14.9 Å². The van der Waals surface area contributed by atoms with Gasteiger partial charge in [0.1, 0.15) is 0 Å². The fourth-order valence-corrected chi connectivity index (χ4v) is 2.50. The van der Waals surface area contributed by atoms with Gasteiger partial charge in [-0.15, -0.1) is 0 Å². The molecule has 0 aliphatic carbocycles. The molecular weight excluding hydrogens is 272 g/mol. The van der Waals surface area contributed by atoms with Gasteiger partial charge >= 0.3 is 5.69 Å². The van der Waals surface area contributed by atoms with E-state index in [2.05, 4.69) is 0 Å². The number of ether oxygens (including phenoxy) is 1. The van der Waals surface area contributed by atoms with Crippen molar-refractivity contribution >= 4 is 11.6 Å². The number of amides is 1. The Balaban J connectivity index is 2.05. The lowest BCUT2D eigenvalue weighted by Gasteiger charge is -2.24. The third kappa shape index (κ3) is 3.93. The van der Waals surface area contributed by atoms with Gasteiger partial charge in [0.15, 0.2) is 11.9 Å². The van der Waals surface area contributed by atoms with Gasteiger partial charge < -0.3 is 9.64 Å². The van der Waals surface area contributed by atoms with Crippen molar-refractivity contribution in [3.63, 3.8) is 0 Å². The Labute approximate surface area is 123 Å². The van der Waals surface area contributed by atoms with Crippen LogP contribution in [-0.4, -0.2) is 34.9 Å². The molecule has 1 aromatic rings. The van der Waals surface area contributed by atoms with Gasteiger partial charge in [-0.1, -0.05) is 25.0 Å². The highest BCUT2D eigenvalue weighted by Crippen LogP contribution is 2.27. The number of nitro groups is 1. The van der Waals surface area contributed by atoms with Gasteiger partial charge in [-0.3, -0.25) is 14.9 Å². The Morgan fingerprint density at radius 3 is 2.48 bits per heavy atom. The molecule has 1 atom stereocenters. The highest BCUT2D eigenvalue weighted by molar-refractivity contribution is 5.81. The van der Waals surface area contributed by atoms with E-state index in [0.717, 1.165) is 38.8 Å². The van der Waals surface area contributed by atoms with E-state index in [4.69, 9.17) is 4.74 Å². The minimum Gasteiger partial charge on any atom is -0.474 e. The molecule has 1 unspecified atom stereocenters. The molecule has 21 heavy (non-hydrogen) atoms. The smallest absolute Gasteiger partial charge is 0.310 e. The molecule has 6 heteroatoms. The van der Waals surface area contributed by atoms with Gasteiger partial charge in [-0.2, -0.15) is 0 Å². The molecule has 0 N–H and O–H groups in total. The molecule has 1 heterocycles. The summed E-state index contributed by atoms with van der Waals surface area (Å²) in [6.45, 7) is 3.12. The summed E-state index contributed by atoms with van der Waals surface area (Å²) >= 11 is 0. The number of nitrogens with zero attached hydrogens (tertiary/aromatic N) is 2. The van der Waals surface area contributed by atoms with Crippen LogP contribution in [0, 0.1) is 10.1 Å². The van der Waals surface area contributed by atoms with E-state index in [1.165, 1.54) is 12.1 Å². The van der Waals surface area contributed by atoms with E-state index < -0.39 is 11.0 Å². The molecule has 0 saturated carbocycles. The second-order valence-corrected chi connectivity index (χ2v) is 5.22. The van der Waals surface area contributed by atoms with Gasteiger partial charge in [0, 0.05) is 19.2 Å². The molecule has 1 saturated heterocycles. The molecule has 1 aliphatic heterocycles. The maximum Gasteiger partial charge on any atom is 0.310 e. The van der Waals surface area contributed by atoms with Crippen molar-refractivity contribution < 1.29 is 14.5 Å². The van der Waals surface area contributed by atoms with Crippen LogP contribution in [0.5, 0.6) is 5.75 Å². The average molecular weight is 292 g/mol. The molecule has 6 nitrogen and oxygen atoms in total. The van der Waals surface area contributed by atoms with E-state index in [-0.39, 0.29) is 17.3 Å². The van der Waals surface area contributed by atoms with Crippen LogP contribution in [0.2, 0.25) is 0 Å². The Bertz CT molecular complexity index is 510. The van der Waals surface area contributed by atoms with Crippen LogP contribution in [0.4, 0.5) is 5.69 Å². The highest BCUT2D eigenvalue weighted by Gasteiger charge is 2.25. The zero-order valence-electron chi connectivity index (χ0n) is 12.2. The fourth-order valence-electron chi connectivity index (χ4n) is 2.50. The summed E-state index contributed by atoms with van der Waals surface area (Å²) in [6.07, 6.45) is 3.57. The van der Waals surface area contributed by atoms with Crippen LogP contribution < -0.4 is 4.74 Å². The number of hydrogen-bond donors (Lipinski definition) is 0. The number of carbonyl (C=O) groups excluding carboxylic acids is 1. The molecule has 2 rings (SSSR count). The SMILES string of the molecule is CC(Oc1ccccc1[N+](=O)[O-])C(=O)N1CCCCCC1. The third-order valence-electron chi connectivity index (χ3n) is 3.63. The topological polar surface area (TPSA) is 72.7 Å². The standard InChI is InChI=1S/C15H20N2O4/c1-12(15(18)16-10-6-2-3-7-11-16)21-14-9-5-4-8-13(14)17(19)20/h4-5,8-9,12H,2-3,6-7,10-11H2,1H3. The number of para-hydroxylation sites is 2. The summed E-state index contributed by atoms with van der Waals surface area (Å²) in [4.78, 5) is 24.6. The lowest BCUT2D eigenvalue weighted by Crippen LogP contribution is -2.41. The van der Waals surface area contributed by atoms with E-state index in [1.54, 1.807) is 24.0 Å². The maximum absolute atomic E-state index is 12.4. The van der Waals surface area contributed by atoms with Crippen molar-refractivity contribution in [2.45, 2.75) is 38.7 Å². The quantitative estimate of drug-likeness (QED) is 0.632. The second-order valence-electron chi connectivity index (χ2n) is 5.22. The van der Waals surface area contributed by atoms with Gasteiger partial charge in [-0.05, 0) is 25.8 Å².